The van der Waals surface area contributed by atoms with Crippen LogP contribution in [-0.4, -0.2) is 0 Å². The molecule has 0 amide bonds. The van der Waals surface area contributed by atoms with Crippen molar-refractivity contribution in [2.75, 3.05) is 0 Å². The van der Waals surface area contributed by atoms with Gasteiger partial charge in [-0.05, 0) is 32.3 Å². The lowest BCUT2D eigenvalue weighted by Gasteiger charge is -2.25. The fraction of sp³-hybridized carbons (Fsp3) is 0.429. The molecule has 1 rings (SSSR count). The van der Waals surface area contributed by atoms with Gasteiger partial charge in [-0.25, -0.2) is 0 Å². The molecule has 0 fully saturated rings. The number of hydrogen-bond acceptors (Lipinski definition) is 0. The van der Waals surface area contributed by atoms with Gasteiger partial charge in [0, 0.05) is 5.92 Å². The summed E-state index contributed by atoms with van der Waals surface area (Å²) in [5.41, 5.74) is 3.99. The third-order valence-corrected chi connectivity index (χ3v) is 2.74. The second kappa shape index (κ2) is 4.45. The van der Waals surface area contributed by atoms with Crippen molar-refractivity contribution < 1.29 is 0 Å². The molecule has 0 spiro atoms. The highest BCUT2D eigenvalue weighted by molar-refractivity contribution is 5.38. The van der Waals surface area contributed by atoms with Gasteiger partial charge in [0.1, 0.15) is 0 Å². The molecule has 1 aliphatic rings. The van der Waals surface area contributed by atoms with E-state index in [1.165, 1.54) is 16.7 Å². The molecule has 0 nitrogen and oxygen atoms in total. The highest BCUT2D eigenvalue weighted by Gasteiger charge is 2.19. The summed E-state index contributed by atoms with van der Waals surface area (Å²) in [5, 5.41) is 0. The maximum Gasteiger partial charge on any atom is 0.00831 e. The number of rotatable bonds is 2. The van der Waals surface area contributed by atoms with E-state index in [1.54, 1.807) is 0 Å². The van der Waals surface area contributed by atoms with Crippen LogP contribution in [0.1, 0.15) is 27.7 Å². The summed E-state index contributed by atoms with van der Waals surface area (Å²) in [6.45, 7) is 12.8. The van der Waals surface area contributed by atoms with Gasteiger partial charge in [-0.1, -0.05) is 49.0 Å². The van der Waals surface area contributed by atoms with Gasteiger partial charge in [-0.3, -0.25) is 0 Å². The fourth-order valence-electron chi connectivity index (χ4n) is 2.12. The summed E-state index contributed by atoms with van der Waals surface area (Å²) in [7, 11) is 0. The van der Waals surface area contributed by atoms with Crippen molar-refractivity contribution >= 4 is 0 Å². The number of hydrogen-bond donors (Lipinski definition) is 0. The number of allylic oxidation sites excluding steroid dienone is 7. The van der Waals surface area contributed by atoms with Crippen LogP contribution in [0.5, 0.6) is 0 Å². The van der Waals surface area contributed by atoms with Gasteiger partial charge in [0.25, 0.3) is 0 Å². The summed E-state index contributed by atoms with van der Waals surface area (Å²) in [6, 6.07) is 0. The van der Waals surface area contributed by atoms with E-state index in [0.717, 1.165) is 0 Å². The molecule has 1 aliphatic carbocycles. The van der Waals surface area contributed by atoms with Crippen LogP contribution in [0.4, 0.5) is 0 Å². The molecule has 2 atom stereocenters. The average Bonchev–Trinajstić information content (AvgIpc) is 2.07. The van der Waals surface area contributed by atoms with E-state index in [9.17, 15) is 0 Å². The van der Waals surface area contributed by atoms with E-state index in [1.807, 2.05) is 0 Å². The lowest BCUT2D eigenvalue weighted by atomic mass is 9.79. The van der Waals surface area contributed by atoms with E-state index in [4.69, 9.17) is 0 Å². The van der Waals surface area contributed by atoms with Crippen molar-refractivity contribution in [2.24, 2.45) is 11.8 Å². The lowest BCUT2D eigenvalue weighted by Crippen LogP contribution is -2.13. The molecule has 0 saturated carbocycles. The van der Waals surface area contributed by atoms with Crippen molar-refractivity contribution in [3.63, 3.8) is 0 Å². The van der Waals surface area contributed by atoms with Gasteiger partial charge >= 0.3 is 0 Å². The Morgan fingerprint density at radius 1 is 1.07 bits per heavy atom. The Morgan fingerprint density at radius 2 is 1.64 bits per heavy atom. The molecule has 0 heterocycles. The third-order valence-electron chi connectivity index (χ3n) is 2.74. The largest absolute Gasteiger partial charge is 0.0958 e. The first kappa shape index (κ1) is 11.0. The van der Waals surface area contributed by atoms with Gasteiger partial charge in [0.15, 0.2) is 0 Å². The van der Waals surface area contributed by atoms with Gasteiger partial charge in [-0.2, -0.15) is 0 Å². The molecule has 2 unspecified atom stereocenters. The lowest BCUT2D eigenvalue weighted by molar-refractivity contribution is 0.577. The van der Waals surface area contributed by atoms with Crippen molar-refractivity contribution in [3.8, 4) is 0 Å². The first-order chi connectivity index (χ1) is 6.54. The zero-order valence-electron chi connectivity index (χ0n) is 9.67. The Labute approximate surface area is 87.7 Å². The average molecular weight is 188 g/mol. The van der Waals surface area contributed by atoms with Crippen LogP contribution in [0, 0.1) is 11.8 Å². The Morgan fingerprint density at radius 3 is 2.07 bits per heavy atom. The molecule has 0 aromatic heterocycles. The van der Waals surface area contributed by atoms with Crippen molar-refractivity contribution in [3.05, 3.63) is 47.6 Å². The minimum absolute atomic E-state index is 0.516. The smallest absolute Gasteiger partial charge is 0.00831 e. The zero-order valence-corrected chi connectivity index (χ0v) is 9.67. The molecule has 0 N–H and O–H groups in total. The van der Waals surface area contributed by atoms with Crippen LogP contribution in [0.2, 0.25) is 0 Å². The van der Waals surface area contributed by atoms with Crippen molar-refractivity contribution in [2.45, 2.75) is 27.7 Å². The first-order valence-corrected chi connectivity index (χ1v) is 5.22. The van der Waals surface area contributed by atoms with E-state index < -0.39 is 0 Å². The quantitative estimate of drug-likeness (QED) is 0.567. The minimum Gasteiger partial charge on any atom is -0.0958 e. The maximum atomic E-state index is 4.07. The normalized spacial score (nSPS) is 24.9. The van der Waals surface area contributed by atoms with Crippen molar-refractivity contribution in [1.29, 1.82) is 0 Å². The fourth-order valence-corrected chi connectivity index (χ4v) is 2.12. The predicted molar refractivity (Wildman–Crippen MR) is 64.1 cm³/mol. The molecule has 0 aromatic rings. The van der Waals surface area contributed by atoms with Crippen LogP contribution in [0.3, 0.4) is 0 Å². The van der Waals surface area contributed by atoms with Crippen LogP contribution in [-0.2, 0) is 0 Å². The molecule has 0 bridgehead atoms. The Balaban J connectivity index is 3.02. The molecule has 0 radical (unpaired) electrons. The summed E-state index contributed by atoms with van der Waals surface area (Å²) in [4.78, 5) is 0. The minimum atomic E-state index is 0.516. The van der Waals surface area contributed by atoms with Crippen molar-refractivity contribution in [1.82, 2.24) is 0 Å². The van der Waals surface area contributed by atoms with Gasteiger partial charge in [0.2, 0.25) is 0 Å². The molecule has 14 heavy (non-hydrogen) atoms. The highest BCUT2D eigenvalue weighted by atomic mass is 14.2. The van der Waals surface area contributed by atoms with E-state index in [2.05, 4.69) is 58.6 Å². The summed E-state index contributed by atoms with van der Waals surface area (Å²) >= 11 is 0. The molecular formula is C14H20. The molecule has 0 heteroatoms. The van der Waals surface area contributed by atoms with Crippen LogP contribution in [0.15, 0.2) is 47.6 Å². The maximum absolute atomic E-state index is 4.07. The molecular weight excluding hydrogens is 168 g/mol. The molecule has 76 valence electrons. The Hall–Kier alpha value is -1.04. The predicted octanol–water partition coefficient (Wildman–Crippen LogP) is 4.28. The monoisotopic (exact) mass is 188 g/mol. The third kappa shape index (κ3) is 2.25. The second-order valence-corrected chi connectivity index (χ2v) is 4.35. The molecule has 0 aromatic carbocycles. The molecule has 0 aliphatic heterocycles. The molecule has 0 saturated heterocycles. The second-order valence-electron chi connectivity index (χ2n) is 4.35. The summed E-state index contributed by atoms with van der Waals surface area (Å²) in [6.07, 6.45) is 8.80. The Kier molecular flexibility index (Phi) is 3.51. The van der Waals surface area contributed by atoms with Crippen LogP contribution in [0.25, 0.3) is 0 Å². The van der Waals surface area contributed by atoms with Crippen LogP contribution >= 0.6 is 0 Å². The topological polar surface area (TPSA) is 0 Å². The highest BCUT2D eigenvalue weighted by Crippen LogP contribution is 2.32. The van der Waals surface area contributed by atoms with Crippen LogP contribution < -0.4 is 0 Å². The first-order valence-electron chi connectivity index (χ1n) is 5.22. The van der Waals surface area contributed by atoms with Gasteiger partial charge in [-0.15, -0.1) is 0 Å². The van der Waals surface area contributed by atoms with Gasteiger partial charge in [0.05, 0.1) is 0 Å². The summed E-state index contributed by atoms with van der Waals surface area (Å²) < 4.78 is 0. The zero-order chi connectivity index (χ0) is 10.7. The van der Waals surface area contributed by atoms with E-state index >= 15 is 0 Å². The Bertz CT molecular complexity index is 309. The summed E-state index contributed by atoms with van der Waals surface area (Å²) in [5.74, 6) is 1.10. The SMILES string of the molecule is C=C(C)C(=C(C)C)C1C=CC=CC1C. The standard InChI is InChI=1S/C14H20/c1-10(2)14(11(3)4)13-9-7-6-8-12(13)5/h6-9,12-13H,1H2,2-5H3. The van der Waals surface area contributed by atoms with Gasteiger partial charge < -0.3 is 0 Å². The van der Waals surface area contributed by atoms with E-state index in [0.29, 0.717) is 11.8 Å². The van der Waals surface area contributed by atoms with E-state index in [-0.39, 0.29) is 0 Å².